The number of methoxy groups -OCH3 is 2. The molecule has 0 aliphatic carbocycles. The van der Waals surface area contributed by atoms with Gasteiger partial charge in [-0.1, -0.05) is 19.1 Å². The van der Waals surface area contributed by atoms with Crippen LogP contribution in [0, 0.1) is 5.41 Å². The minimum atomic E-state index is -0.613. The van der Waals surface area contributed by atoms with E-state index in [-0.39, 0.29) is 17.6 Å². The predicted octanol–water partition coefficient (Wildman–Crippen LogP) is 2.16. The number of nitrogens with one attached hydrogen (secondary N) is 1. The smallest absolute Gasteiger partial charge is 0.351 e. The Labute approximate surface area is 112 Å². The summed E-state index contributed by atoms with van der Waals surface area (Å²) in [6, 6.07) is 6.92. The number of hydrogen-bond acceptors (Lipinski definition) is 5. The predicted molar refractivity (Wildman–Crippen MR) is 70.6 cm³/mol. The fourth-order valence-electron chi connectivity index (χ4n) is 1.70. The Kier molecular flexibility index (Phi) is 5.23. The third-order valence-corrected chi connectivity index (χ3v) is 2.84. The molecule has 19 heavy (non-hydrogen) atoms. The highest BCUT2D eigenvalue weighted by atomic mass is 16.5. The maximum atomic E-state index is 11.3. The van der Waals surface area contributed by atoms with Gasteiger partial charge >= 0.3 is 11.9 Å². The second kappa shape index (κ2) is 6.68. The third-order valence-electron chi connectivity index (χ3n) is 2.84. The van der Waals surface area contributed by atoms with E-state index in [0.717, 1.165) is 5.56 Å². The monoisotopic (exact) mass is 263 g/mol. The van der Waals surface area contributed by atoms with Crippen molar-refractivity contribution in [2.24, 2.45) is 0 Å². The topological polar surface area (TPSA) is 76.5 Å². The number of hydrogen-bond donors (Lipinski definition) is 1. The quantitative estimate of drug-likeness (QED) is 0.652. The van der Waals surface area contributed by atoms with Crippen LogP contribution in [0.3, 0.4) is 0 Å². The fourth-order valence-corrected chi connectivity index (χ4v) is 1.70. The van der Waals surface area contributed by atoms with Crippen LogP contribution in [0.5, 0.6) is 0 Å². The zero-order valence-corrected chi connectivity index (χ0v) is 11.2. The Hall–Kier alpha value is -2.17. The normalized spacial score (nSPS) is 11.5. The van der Waals surface area contributed by atoms with Gasteiger partial charge in [0.2, 0.25) is 0 Å². The van der Waals surface area contributed by atoms with E-state index in [2.05, 4.69) is 9.47 Å². The highest BCUT2D eigenvalue weighted by Crippen LogP contribution is 2.20. The summed E-state index contributed by atoms with van der Waals surface area (Å²) in [5.41, 5.74) is 1.36. The van der Waals surface area contributed by atoms with Crippen LogP contribution in [0.1, 0.15) is 35.2 Å². The summed E-state index contributed by atoms with van der Waals surface area (Å²) in [7, 11) is 2.59. The number of esters is 2. The highest BCUT2D eigenvalue weighted by Gasteiger charge is 2.15. The summed E-state index contributed by atoms with van der Waals surface area (Å²) >= 11 is 0. The van der Waals surface area contributed by atoms with Gasteiger partial charge in [-0.05, 0) is 23.6 Å². The van der Waals surface area contributed by atoms with Crippen molar-refractivity contribution in [2.45, 2.75) is 19.3 Å². The number of benzene rings is 1. The molecule has 1 aromatic carbocycles. The fraction of sp³-hybridized carbons (Fsp3) is 0.357. The summed E-state index contributed by atoms with van der Waals surface area (Å²) in [5, 5.41) is 7.57. The van der Waals surface area contributed by atoms with Crippen molar-refractivity contribution in [3.63, 3.8) is 0 Å². The van der Waals surface area contributed by atoms with Crippen LogP contribution in [0.2, 0.25) is 0 Å². The molecule has 0 radical (unpaired) electrons. The molecular formula is C14H17NO4. The lowest BCUT2D eigenvalue weighted by Crippen LogP contribution is -2.16. The van der Waals surface area contributed by atoms with Crippen molar-refractivity contribution >= 4 is 17.7 Å². The molecular weight excluding hydrogens is 246 g/mol. The lowest BCUT2D eigenvalue weighted by Gasteiger charge is -2.12. The average molecular weight is 263 g/mol. The average Bonchev–Trinajstić information content (AvgIpc) is 2.45. The minimum absolute atomic E-state index is 0.00158. The van der Waals surface area contributed by atoms with Crippen molar-refractivity contribution in [2.75, 3.05) is 14.2 Å². The van der Waals surface area contributed by atoms with Gasteiger partial charge in [-0.2, -0.15) is 0 Å². The molecule has 5 nitrogen and oxygen atoms in total. The maximum absolute atomic E-state index is 11.3. The Balaban J connectivity index is 2.73. The third kappa shape index (κ3) is 3.91. The lowest BCUT2D eigenvalue weighted by atomic mass is 9.94. The standard InChI is InChI=1S/C14H17NO4/c1-9(8-12(15)14(17)19-3)10-4-6-11(7-5-10)13(16)18-2/h4-7,9,15H,8H2,1-3H3. The van der Waals surface area contributed by atoms with E-state index in [1.165, 1.54) is 14.2 Å². The first-order chi connectivity index (χ1) is 8.99. The van der Waals surface area contributed by atoms with Gasteiger partial charge in [0.15, 0.2) is 0 Å². The van der Waals surface area contributed by atoms with Gasteiger partial charge in [0, 0.05) is 6.42 Å². The van der Waals surface area contributed by atoms with Gasteiger partial charge < -0.3 is 9.47 Å². The molecule has 0 spiro atoms. The zero-order chi connectivity index (χ0) is 14.4. The molecule has 5 heteroatoms. The van der Waals surface area contributed by atoms with Crippen molar-refractivity contribution in [1.82, 2.24) is 0 Å². The summed E-state index contributed by atoms with van der Waals surface area (Å²) in [4.78, 5) is 22.4. The van der Waals surface area contributed by atoms with Crippen LogP contribution in [-0.2, 0) is 14.3 Å². The second-order valence-electron chi connectivity index (χ2n) is 4.19. The number of ether oxygens (including phenoxy) is 2. The summed E-state index contributed by atoms with van der Waals surface area (Å²) in [6.07, 6.45) is 0.296. The first-order valence-corrected chi connectivity index (χ1v) is 5.83. The van der Waals surface area contributed by atoms with E-state index >= 15 is 0 Å². The SMILES string of the molecule is COC(=O)C(=N)CC(C)c1ccc(C(=O)OC)cc1. The molecule has 0 saturated heterocycles. The van der Waals surface area contributed by atoms with E-state index in [1.54, 1.807) is 24.3 Å². The van der Waals surface area contributed by atoms with Gasteiger partial charge in [-0.25, -0.2) is 9.59 Å². The number of carbonyl (C=O) groups excluding carboxylic acids is 2. The van der Waals surface area contributed by atoms with Gasteiger partial charge in [0.1, 0.15) is 5.71 Å². The molecule has 1 aromatic rings. The molecule has 0 aliphatic heterocycles. The van der Waals surface area contributed by atoms with E-state index in [4.69, 9.17) is 5.41 Å². The van der Waals surface area contributed by atoms with Crippen LogP contribution in [-0.4, -0.2) is 31.9 Å². The first-order valence-electron chi connectivity index (χ1n) is 5.83. The van der Waals surface area contributed by atoms with Crippen LogP contribution < -0.4 is 0 Å². The largest absolute Gasteiger partial charge is 0.465 e. The van der Waals surface area contributed by atoms with E-state index in [1.807, 2.05) is 6.92 Å². The van der Waals surface area contributed by atoms with Crippen LogP contribution in [0.4, 0.5) is 0 Å². The number of rotatable bonds is 5. The van der Waals surface area contributed by atoms with Crippen LogP contribution in [0.15, 0.2) is 24.3 Å². The van der Waals surface area contributed by atoms with Crippen LogP contribution in [0.25, 0.3) is 0 Å². The Morgan fingerprint density at radius 1 is 1.16 bits per heavy atom. The van der Waals surface area contributed by atoms with Gasteiger partial charge in [-0.3, -0.25) is 5.41 Å². The number of carbonyl (C=O) groups is 2. The zero-order valence-electron chi connectivity index (χ0n) is 11.2. The molecule has 102 valence electrons. The molecule has 0 fully saturated rings. The van der Waals surface area contributed by atoms with Crippen molar-refractivity contribution in [1.29, 1.82) is 5.41 Å². The second-order valence-corrected chi connectivity index (χ2v) is 4.19. The molecule has 0 aromatic heterocycles. The molecule has 1 unspecified atom stereocenters. The molecule has 0 bridgehead atoms. The van der Waals surface area contributed by atoms with Gasteiger partial charge in [0.05, 0.1) is 19.8 Å². The summed E-state index contributed by atoms with van der Waals surface area (Å²) in [6.45, 7) is 1.91. The van der Waals surface area contributed by atoms with Crippen molar-refractivity contribution < 1.29 is 19.1 Å². The Morgan fingerprint density at radius 3 is 2.21 bits per heavy atom. The molecule has 1 N–H and O–H groups in total. The van der Waals surface area contributed by atoms with E-state index in [0.29, 0.717) is 12.0 Å². The van der Waals surface area contributed by atoms with Crippen molar-refractivity contribution in [3.05, 3.63) is 35.4 Å². The van der Waals surface area contributed by atoms with Gasteiger partial charge in [0.25, 0.3) is 0 Å². The van der Waals surface area contributed by atoms with Crippen molar-refractivity contribution in [3.8, 4) is 0 Å². The van der Waals surface area contributed by atoms with Crippen LogP contribution >= 0.6 is 0 Å². The maximum Gasteiger partial charge on any atom is 0.351 e. The molecule has 0 amide bonds. The Bertz CT molecular complexity index is 479. The minimum Gasteiger partial charge on any atom is -0.465 e. The Morgan fingerprint density at radius 2 is 1.74 bits per heavy atom. The molecule has 1 rings (SSSR count). The lowest BCUT2D eigenvalue weighted by molar-refractivity contribution is -0.132. The van der Waals surface area contributed by atoms with Gasteiger partial charge in [-0.15, -0.1) is 0 Å². The van der Waals surface area contributed by atoms with E-state index in [9.17, 15) is 9.59 Å². The van der Waals surface area contributed by atoms with E-state index < -0.39 is 5.97 Å². The molecule has 1 atom stereocenters. The summed E-state index contributed by atoms with van der Waals surface area (Å²) < 4.78 is 9.10. The molecule has 0 heterocycles. The molecule has 0 saturated carbocycles. The molecule has 0 aliphatic rings. The first kappa shape index (κ1) is 14.9. The summed E-state index contributed by atoms with van der Waals surface area (Å²) in [5.74, 6) is -1.00. The highest BCUT2D eigenvalue weighted by molar-refractivity contribution is 6.35.